The molecule has 5 nitrogen and oxygen atoms in total. The smallest absolute Gasteiger partial charge is 0.248 e. The van der Waals surface area contributed by atoms with E-state index in [2.05, 4.69) is 45.5 Å². The molecule has 1 saturated heterocycles. The molecule has 1 aliphatic heterocycles. The quantitative estimate of drug-likeness (QED) is 0.633. The molecular weight excluding hydrogens is 336 g/mol. The molecule has 0 aliphatic carbocycles. The Morgan fingerprint density at radius 3 is 2.48 bits per heavy atom. The van der Waals surface area contributed by atoms with Gasteiger partial charge in [0, 0.05) is 32.2 Å². The van der Waals surface area contributed by atoms with Gasteiger partial charge in [0.15, 0.2) is 5.96 Å². The summed E-state index contributed by atoms with van der Waals surface area (Å²) in [5.74, 6) is 1.24. The lowest BCUT2D eigenvalue weighted by Gasteiger charge is -2.34. The normalized spacial score (nSPS) is 15.6. The largest absolute Gasteiger partial charge is 0.366 e. The van der Waals surface area contributed by atoms with Gasteiger partial charge in [-0.15, -0.1) is 0 Å². The fraction of sp³-hybridized carbons (Fsp3) is 0.364. The van der Waals surface area contributed by atoms with E-state index in [0.717, 1.165) is 37.0 Å². The van der Waals surface area contributed by atoms with Crippen LogP contribution in [0.5, 0.6) is 0 Å². The SMILES string of the molecule is CN=C(NCc1cccc(C(N)=O)c1)N1CCC(Cc2ccccc2)CC1. The minimum atomic E-state index is -0.401. The van der Waals surface area contributed by atoms with Crippen LogP contribution in [-0.4, -0.2) is 36.9 Å². The molecule has 0 aromatic heterocycles. The van der Waals surface area contributed by atoms with Gasteiger partial charge in [-0.1, -0.05) is 42.5 Å². The van der Waals surface area contributed by atoms with Crippen LogP contribution in [0.15, 0.2) is 59.6 Å². The van der Waals surface area contributed by atoms with Gasteiger partial charge in [0.05, 0.1) is 0 Å². The molecule has 2 aromatic carbocycles. The van der Waals surface area contributed by atoms with Gasteiger partial charge in [0.25, 0.3) is 0 Å². The fourth-order valence-electron chi connectivity index (χ4n) is 3.64. The van der Waals surface area contributed by atoms with Crippen molar-refractivity contribution in [2.24, 2.45) is 16.6 Å². The number of hydrogen-bond acceptors (Lipinski definition) is 2. The van der Waals surface area contributed by atoms with Crippen LogP contribution in [0.25, 0.3) is 0 Å². The van der Waals surface area contributed by atoms with Gasteiger partial charge < -0.3 is 16.0 Å². The molecule has 0 saturated carbocycles. The molecule has 0 unspecified atom stereocenters. The third-order valence-electron chi connectivity index (χ3n) is 5.16. The highest BCUT2D eigenvalue weighted by Crippen LogP contribution is 2.21. The van der Waals surface area contributed by atoms with Crippen molar-refractivity contribution in [3.05, 3.63) is 71.3 Å². The zero-order valence-corrected chi connectivity index (χ0v) is 15.9. The van der Waals surface area contributed by atoms with Crippen LogP contribution < -0.4 is 11.1 Å². The molecule has 3 rings (SSSR count). The summed E-state index contributed by atoms with van der Waals surface area (Å²) in [5.41, 5.74) is 8.34. The number of guanidine groups is 1. The molecule has 2 aromatic rings. The van der Waals surface area contributed by atoms with Gasteiger partial charge in [-0.25, -0.2) is 0 Å². The highest BCUT2D eigenvalue weighted by atomic mass is 16.1. The first kappa shape index (κ1) is 19.0. The van der Waals surface area contributed by atoms with Crippen LogP contribution >= 0.6 is 0 Å². The molecule has 5 heteroatoms. The molecule has 0 bridgehead atoms. The second-order valence-corrected chi connectivity index (χ2v) is 7.09. The molecule has 0 spiro atoms. The lowest BCUT2D eigenvalue weighted by molar-refractivity contribution is 0.1000. The Bertz CT molecular complexity index is 780. The van der Waals surface area contributed by atoms with E-state index in [0.29, 0.717) is 12.1 Å². The maximum Gasteiger partial charge on any atom is 0.248 e. The van der Waals surface area contributed by atoms with E-state index in [9.17, 15) is 4.79 Å². The number of hydrogen-bond donors (Lipinski definition) is 2. The van der Waals surface area contributed by atoms with Crippen molar-refractivity contribution in [1.82, 2.24) is 10.2 Å². The van der Waals surface area contributed by atoms with Crippen molar-refractivity contribution < 1.29 is 4.79 Å². The molecular formula is C22H28N4O. The number of piperidine rings is 1. The van der Waals surface area contributed by atoms with E-state index in [1.165, 1.54) is 18.4 Å². The predicted octanol–water partition coefficient (Wildman–Crippen LogP) is 2.82. The summed E-state index contributed by atoms with van der Waals surface area (Å²) in [6.45, 7) is 2.65. The minimum absolute atomic E-state index is 0.401. The summed E-state index contributed by atoms with van der Waals surface area (Å²) in [4.78, 5) is 18.1. The standard InChI is InChI=1S/C22H28N4O/c1-24-22(25-16-19-8-5-9-20(15-19)21(23)27)26-12-10-18(11-13-26)14-17-6-3-2-4-7-17/h2-9,15,18H,10-14,16H2,1H3,(H2,23,27)(H,24,25). The molecule has 1 fully saturated rings. The topological polar surface area (TPSA) is 70.7 Å². The number of nitrogens with one attached hydrogen (secondary N) is 1. The van der Waals surface area contributed by atoms with E-state index in [4.69, 9.17) is 5.73 Å². The van der Waals surface area contributed by atoms with E-state index in [-0.39, 0.29) is 0 Å². The number of nitrogens with zero attached hydrogens (tertiary/aromatic N) is 2. The summed E-state index contributed by atoms with van der Waals surface area (Å²) in [5, 5.41) is 3.41. The first-order valence-corrected chi connectivity index (χ1v) is 9.54. The second-order valence-electron chi connectivity index (χ2n) is 7.09. The van der Waals surface area contributed by atoms with Gasteiger partial charge in [-0.3, -0.25) is 9.79 Å². The number of primary amides is 1. The third-order valence-corrected chi connectivity index (χ3v) is 5.16. The highest BCUT2D eigenvalue weighted by molar-refractivity contribution is 5.92. The predicted molar refractivity (Wildman–Crippen MR) is 110 cm³/mol. The van der Waals surface area contributed by atoms with Crippen LogP contribution in [0.4, 0.5) is 0 Å². The molecule has 0 atom stereocenters. The third kappa shape index (κ3) is 5.33. The Kier molecular flexibility index (Phi) is 6.47. The Balaban J connectivity index is 1.50. The van der Waals surface area contributed by atoms with E-state index in [1.54, 1.807) is 6.07 Å². The summed E-state index contributed by atoms with van der Waals surface area (Å²) >= 11 is 0. The molecule has 0 radical (unpaired) electrons. The maximum atomic E-state index is 11.3. The molecule has 27 heavy (non-hydrogen) atoms. The lowest BCUT2D eigenvalue weighted by atomic mass is 9.90. The van der Waals surface area contributed by atoms with Crippen molar-refractivity contribution in [3.8, 4) is 0 Å². The number of aliphatic imine (C=N–C) groups is 1. The van der Waals surface area contributed by atoms with Crippen LogP contribution in [0.2, 0.25) is 0 Å². The Labute approximate surface area is 161 Å². The average molecular weight is 364 g/mol. The molecule has 1 aliphatic rings. The van der Waals surface area contributed by atoms with Gasteiger partial charge in [0.2, 0.25) is 5.91 Å². The second kappa shape index (κ2) is 9.21. The fourth-order valence-corrected chi connectivity index (χ4v) is 3.64. The minimum Gasteiger partial charge on any atom is -0.366 e. The van der Waals surface area contributed by atoms with Gasteiger partial charge >= 0.3 is 0 Å². The van der Waals surface area contributed by atoms with E-state index >= 15 is 0 Å². The number of carbonyl (C=O) groups is 1. The highest BCUT2D eigenvalue weighted by Gasteiger charge is 2.21. The van der Waals surface area contributed by atoms with Crippen molar-refractivity contribution in [3.63, 3.8) is 0 Å². The molecule has 3 N–H and O–H groups in total. The first-order valence-electron chi connectivity index (χ1n) is 9.54. The van der Waals surface area contributed by atoms with Gasteiger partial charge in [-0.05, 0) is 48.4 Å². The van der Waals surface area contributed by atoms with Crippen LogP contribution in [0, 0.1) is 5.92 Å². The zero-order valence-electron chi connectivity index (χ0n) is 15.9. The Morgan fingerprint density at radius 1 is 1.11 bits per heavy atom. The van der Waals surface area contributed by atoms with E-state index < -0.39 is 5.91 Å². The van der Waals surface area contributed by atoms with Gasteiger partial charge in [0.1, 0.15) is 0 Å². The molecule has 1 heterocycles. The maximum absolute atomic E-state index is 11.3. The molecule has 1 amide bonds. The number of carbonyl (C=O) groups excluding carboxylic acids is 1. The number of amides is 1. The Hall–Kier alpha value is -2.82. The number of benzene rings is 2. The van der Waals surface area contributed by atoms with Crippen LogP contribution in [0.1, 0.15) is 34.3 Å². The zero-order chi connectivity index (χ0) is 19.1. The van der Waals surface area contributed by atoms with Crippen LogP contribution in [-0.2, 0) is 13.0 Å². The number of nitrogens with two attached hydrogens (primary N) is 1. The monoisotopic (exact) mass is 364 g/mol. The van der Waals surface area contributed by atoms with Crippen molar-refractivity contribution in [2.75, 3.05) is 20.1 Å². The first-order chi connectivity index (χ1) is 13.2. The summed E-state index contributed by atoms with van der Waals surface area (Å²) < 4.78 is 0. The summed E-state index contributed by atoms with van der Waals surface area (Å²) in [7, 11) is 1.82. The molecule has 142 valence electrons. The van der Waals surface area contributed by atoms with Crippen molar-refractivity contribution in [2.45, 2.75) is 25.8 Å². The summed E-state index contributed by atoms with van der Waals surface area (Å²) in [6, 6.07) is 18.1. The lowest BCUT2D eigenvalue weighted by Crippen LogP contribution is -2.45. The Morgan fingerprint density at radius 2 is 1.81 bits per heavy atom. The van der Waals surface area contributed by atoms with Crippen LogP contribution in [0.3, 0.4) is 0 Å². The van der Waals surface area contributed by atoms with Crippen molar-refractivity contribution in [1.29, 1.82) is 0 Å². The van der Waals surface area contributed by atoms with Gasteiger partial charge in [-0.2, -0.15) is 0 Å². The average Bonchev–Trinajstić information content (AvgIpc) is 2.70. The van der Waals surface area contributed by atoms with E-state index in [1.807, 2.05) is 25.2 Å². The summed E-state index contributed by atoms with van der Waals surface area (Å²) in [6.07, 6.45) is 3.50. The number of rotatable bonds is 5. The van der Waals surface area contributed by atoms with Crippen molar-refractivity contribution >= 4 is 11.9 Å². The number of likely N-dealkylation sites (tertiary alicyclic amines) is 1.